The molecule has 0 radical (unpaired) electrons. The Morgan fingerprint density at radius 1 is 1.10 bits per heavy atom. The lowest BCUT2D eigenvalue weighted by molar-refractivity contribution is -0.153. The van der Waals surface area contributed by atoms with E-state index in [-0.39, 0.29) is 31.7 Å². The minimum absolute atomic E-state index is 0.00738. The zero-order valence-electron chi connectivity index (χ0n) is 17.2. The van der Waals surface area contributed by atoms with E-state index in [2.05, 4.69) is 31.0 Å². The van der Waals surface area contributed by atoms with Crippen molar-refractivity contribution in [2.45, 2.75) is 44.4 Å². The Bertz CT molecular complexity index is 1080. The second-order valence-corrected chi connectivity index (χ2v) is 8.63. The summed E-state index contributed by atoms with van der Waals surface area (Å²) < 4.78 is 28.7. The van der Waals surface area contributed by atoms with E-state index in [9.17, 15) is 4.79 Å². The van der Waals surface area contributed by atoms with E-state index in [1.54, 1.807) is 0 Å². The third-order valence-corrected chi connectivity index (χ3v) is 6.95. The molecule has 0 amide bonds. The zero-order valence-corrected chi connectivity index (χ0v) is 17.2. The normalized spacial score (nSPS) is 27.8. The SMILES string of the molecule is CC(=O)O[C@H]1Cc2cc3c(cc2[C@H]2N(C)Cc4c(ccc5c4OCO5)[C@]12C)OCO3. The molecule has 2 aromatic carbocycles. The molecule has 0 aromatic heterocycles. The number of carbonyl (C=O) groups is 1. The van der Waals surface area contributed by atoms with Crippen LogP contribution in [0.4, 0.5) is 0 Å². The summed E-state index contributed by atoms with van der Waals surface area (Å²) in [5.41, 5.74) is 4.10. The van der Waals surface area contributed by atoms with Gasteiger partial charge < -0.3 is 23.7 Å². The van der Waals surface area contributed by atoms with Crippen LogP contribution in [0, 0.1) is 0 Å². The summed E-state index contributed by atoms with van der Waals surface area (Å²) in [5.74, 6) is 2.82. The fourth-order valence-corrected chi connectivity index (χ4v) is 5.75. The average Bonchev–Trinajstić information content (AvgIpc) is 3.35. The van der Waals surface area contributed by atoms with Gasteiger partial charge in [-0.2, -0.15) is 0 Å². The van der Waals surface area contributed by atoms with Crippen LogP contribution in [0.2, 0.25) is 0 Å². The van der Waals surface area contributed by atoms with Gasteiger partial charge in [0.1, 0.15) is 6.10 Å². The summed E-state index contributed by atoms with van der Waals surface area (Å²) in [5, 5.41) is 0. The maximum Gasteiger partial charge on any atom is 0.302 e. The van der Waals surface area contributed by atoms with Crippen molar-refractivity contribution in [3.63, 3.8) is 0 Å². The molecule has 0 saturated carbocycles. The summed E-state index contributed by atoms with van der Waals surface area (Å²) in [6, 6.07) is 8.22. The van der Waals surface area contributed by atoms with Gasteiger partial charge in [-0.1, -0.05) is 13.0 Å². The molecule has 0 spiro atoms. The molecule has 3 atom stereocenters. The minimum Gasteiger partial charge on any atom is -0.461 e. The monoisotopic (exact) mass is 409 g/mol. The van der Waals surface area contributed by atoms with Gasteiger partial charge in [0, 0.05) is 31.5 Å². The smallest absolute Gasteiger partial charge is 0.302 e. The molecule has 0 bridgehead atoms. The molecule has 3 aliphatic heterocycles. The van der Waals surface area contributed by atoms with Crippen LogP contribution in [0.3, 0.4) is 0 Å². The second-order valence-electron chi connectivity index (χ2n) is 8.63. The summed E-state index contributed by atoms with van der Waals surface area (Å²) >= 11 is 0. The fraction of sp³-hybridized carbons (Fsp3) is 0.435. The molecule has 2 aromatic rings. The first kappa shape index (κ1) is 17.9. The highest BCUT2D eigenvalue weighted by Crippen LogP contribution is 2.57. The summed E-state index contributed by atoms with van der Waals surface area (Å²) in [4.78, 5) is 14.4. The van der Waals surface area contributed by atoms with Crippen molar-refractivity contribution in [3.8, 4) is 23.0 Å². The van der Waals surface area contributed by atoms with Crippen molar-refractivity contribution >= 4 is 5.97 Å². The fourth-order valence-electron chi connectivity index (χ4n) is 5.75. The van der Waals surface area contributed by atoms with Crippen molar-refractivity contribution < 1.29 is 28.5 Å². The number of likely N-dealkylation sites (N-methyl/N-ethyl adjacent to an activating group) is 1. The Kier molecular flexibility index (Phi) is 3.60. The lowest BCUT2D eigenvalue weighted by Gasteiger charge is -2.54. The number of carbonyl (C=O) groups excluding carboxylic acids is 1. The molecule has 4 aliphatic rings. The van der Waals surface area contributed by atoms with Gasteiger partial charge in [-0.25, -0.2) is 0 Å². The zero-order chi connectivity index (χ0) is 20.6. The first-order valence-electron chi connectivity index (χ1n) is 10.2. The predicted molar refractivity (Wildman–Crippen MR) is 106 cm³/mol. The Balaban J connectivity index is 1.59. The van der Waals surface area contributed by atoms with Crippen LogP contribution in [0.1, 0.15) is 42.1 Å². The Morgan fingerprint density at radius 2 is 1.83 bits per heavy atom. The maximum atomic E-state index is 12.1. The topological polar surface area (TPSA) is 66.5 Å². The lowest BCUT2D eigenvalue weighted by atomic mass is 9.60. The average molecular weight is 409 g/mol. The molecule has 0 unspecified atom stereocenters. The number of hydrogen-bond acceptors (Lipinski definition) is 7. The minimum atomic E-state index is -0.463. The highest BCUT2D eigenvalue weighted by atomic mass is 16.7. The van der Waals surface area contributed by atoms with Crippen molar-refractivity contribution in [3.05, 3.63) is 46.5 Å². The number of ether oxygens (including phenoxy) is 5. The molecule has 156 valence electrons. The Labute approximate surface area is 174 Å². The van der Waals surface area contributed by atoms with Crippen LogP contribution in [0.25, 0.3) is 0 Å². The standard InChI is InChI=1S/C23H23NO6/c1-12(25)30-20-7-13-6-18-19(28-10-27-18)8-14(13)22-23(20,2)16-4-5-17-21(29-11-26-17)15(16)9-24(22)3/h4-6,8,20,22H,7,9-11H2,1-3H3/t20-,22+,23+/m0/s1. The van der Waals surface area contributed by atoms with E-state index < -0.39 is 5.41 Å². The molecular weight excluding hydrogens is 386 g/mol. The predicted octanol–water partition coefficient (Wildman–Crippen LogP) is 3.08. The van der Waals surface area contributed by atoms with E-state index in [1.807, 2.05) is 12.1 Å². The van der Waals surface area contributed by atoms with E-state index in [0.717, 1.165) is 39.7 Å². The van der Waals surface area contributed by atoms with Gasteiger partial charge in [0.2, 0.25) is 13.6 Å². The molecule has 7 heteroatoms. The number of esters is 1. The van der Waals surface area contributed by atoms with E-state index >= 15 is 0 Å². The highest BCUT2D eigenvalue weighted by Gasteiger charge is 2.55. The Hall–Kier alpha value is -2.93. The van der Waals surface area contributed by atoms with Crippen LogP contribution >= 0.6 is 0 Å². The van der Waals surface area contributed by atoms with Gasteiger partial charge in [0.25, 0.3) is 0 Å². The number of rotatable bonds is 1. The molecule has 1 aliphatic carbocycles. The summed E-state index contributed by atoms with van der Waals surface area (Å²) in [7, 11) is 2.10. The molecule has 0 N–H and O–H groups in total. The van der Waals surface area contributed by atoms with E-state index in [4.69, 9.17) is 23.7 Å². The first-order chi connectivity index (χ1) is 14.5. The highest BCUT2D eigenvalue weighted by molar-refractivity contribution is 5.67. The lowest BCUT2D eigenvalue weighted by Crippen LogP contribution is -2.56. The van der Waals surface area contributed by atoms with Gasteiger partial charge in [0.05, 0.1) is 5.41 Å². The number of fused-ring (bicyclic) bond motifs is 8. The number of benzene rings is 2. The molecule has 0 saturated heterocycles. The molecule has 30 heavy (non-hydrogen) atoms. The third-order valence-electron chi connectivity index (χ3n) is 6.95. The third kappa shape index (κ3) is 2.27. The van der Waals surface area contributed by atoms with Gasteiger partial charge in [-0.15, -0.1) is 0 Å². The maximum absolute atomic E-state index is 12.1. The van der Waals surface area contributed by atoms with Gasteiger partial charge in [-0.05, 0) is 41.9 Å². The molecule has 6 rings (SSSR count). The van der Waals surface area contributed by atoms with Crippen LogP contribution in [-0.4, -0.2) is 37.6 Å². The van der Waals surface area contributed by atoms with Crippen LogP contribution in [0.15, 0.2) is 24.3 Å². The van der Waals surface area contributed by atoms with Crippen molar-refractivity contribution in [1.82, 2.24) is 4.90 Å². The van der Waals surface area contributed by atoms with Gasteiger partial charge in [0.15, 0.2) is 23.0 Å². The molecule has 0 fully saturated rings. The van der Waals surface area contributed by atoms with Crippen LogP contribution in [0.5, 0.6) is 23.0 Å². The molecule has 7 nitrogen and oxygen atoms in total. The van der Waals surface area contributed by atoms with E-state index in [0.29, 0.717) is 13.0 Å². The second kappa shape index (κ2) is 6.04. The quantitative estimate of drug-likeness (QED) is 0.671. The first-order valence-corrected chi connectivity index (χ1v) is 10.2. The van der Waals surface area contributed by atoms with Crippen molar-refractivity contribution in [1.29, 1.82) is 0 Å². The van der Waals surface area contributed by atoms with Gasteiger partial charge >= 0.3 is 5.97 Å². The Morgan fingerprint density at radius 3 is 2.63 bits per heavy atom. The largest absolute Gasteiger partial charge is 0.461 e. The van der Waals surface area contributed by atoms with Crippen LogP contribution in [-0.2, 0) is 27.9 Å². The number of hydrogen-bond donors (Lipinski definition) is 0. The van der Waals surface area contributed by atoms with Crippen LogP contribution < -0.4 is 18.9 Å². The summed E-state index contributed by atoms with van der Waals surface area (Å²) in [6.07, 6.45) is 0.287. The van der Waals surface area contributed by atoms with Crippen molar-refractivity contribution in [2.24, 2.45) is 0 Å². The summed E-state index contributed by atoms with van der Waals surface area (Å²) in [6.45, 7) is 4.84. The van der Waals surface area contributed by atoms with Gasteiger partial charge in [-0.3, -0.25) is 9.69 Å². The van der Waals surface area contributed by atoms with E-state index in [1.165, 1.54) is 12.5 Å². The molecular formula is C23H23NO6. The molecule has 3 heterocycles. The van der Waals surface area contributed by atoms with Crippen molar-refractivity contribution in [2.75, 3.05) is 20.6 Å². The number of nitrogens with zero attached hydrogens (tertiary/aromatic N) is 1.